The molecule has 2 heterocycles. The fourth-order valence-corrected chi connectivity index (χ4v) is 2.98. The molecule has 2 aromatic rings. The minimum Gasteiger partial charge on any atom is -0.368 e. The number of aromatic nitrogens is 2. The molecular formula is C12H16N4S. The third-order valence-corrected chi connectivity index (χ3v) is 3.93. The van der Waals surface area contributed by atoms with Gasteiger partial charge in [-0.15, -0.1) is 11.3 Å². The van der Waals surface area contributed by atoms with Gasteiger partial charge in [-0.25, -0.2) is 4.98 Å². The molecule has 2 aromatic heterocycles. The monoisotopic (exact) mass is 248 g/mol. The molecule has 0 unspecified atom stereocenters. The largest absolute Gasteiger partial charge is 0.368 e. The van der Waals surface area contributed by atoms with Crippen molar-refractivity contribution in [3.05, 3.63) is 11.4 Å². The van der Waals surface area contributed by atoms with Gasteiger partial charge >= 0.3 is 0 Å². The van der Waals surface area contributed by atoms with Gasteiger partial charge in [-0.1, -0.05) is 6.92 Å². The number of nitrogens with two attached hydrogens (primary N) is 1. The van der Waals surface area contributed by atoms with Gasteiger partial charge in [-0.3, -0.25) is 0 Å². The predicted molar refractivity (Wildman–Crippen MR) is 72.5 cm³/mol. The van der Waals surface area contributed by atoms with Crippen LogP contribution in [0.3, 0.4) is 0 Å². The van der Waals surface area contributed by atoms with Crippen molar-refractivity contribution < 1.29 is 0 Å². The zero-order valence-corrected chi connectivity index (χ0v) is 10.7. The van der Waals surface area contributed by atoms with Gasteiger partial charge in [0.15, 0.2) is 5.82 Å². The van der Waals surface area contributed by atoms with Crippen LogP contribution >= 0.6 is 11.3 Å². The summed E-state index contributed by atoms with van der Waals surface area (Å²) in [5, 5.41) is 2.05. The fourth-order valence-electron chi connectivity index (χ4n) is 2.15. The Morgan fingerprint density at radius 2 is 2.29 bits per heavy atom. The van der Waals surface area contributed by atoms with Crippen LogP contribution in [0.2, 0.25) is 0 Å². The molecule has 0 atom stereocenters. The summed E-state index contributed by atoms with van der Waals surface area (Å²) in [5.41, 5.74) is 6.77. The van der Waals surface area contributed by atoms with Crippen LogP contribution in [-0.4, -0.2) is 22.6 Å². The van der Waals surface area contributed by atoms with E-state index >= 15 is 0 Å². The number of hydrogen-bond donors (Lipinski definition) is 1. The van der Waals surface area contributed by atoms with Gasteiger partial charge in [0.05, 0.1) is 10.2 Å². The minimum absolute atomic E-state index is 0.382. The van der Waals surface area contributed by atoms with Gasteiger partial charge in [0.25, 0.3) is 0 Å². The lowest BCUT2D eigenvalue weighted by Crippen LogP contribution is -2.27. The smallest absolute Gasteiger partial charge is 0.222 e. The van der Waals surface area contributed by atoms with Gasteiger partial charge in [0, 0.05) is 12.6 Å². The van der Waals surface area contributed by atoms with Crippen molar-refractivity contribution in [2.45, 2.75) is 32.2 Å². The van der Waals surface area contributed by atoms with Crippen molar-refractivity contribution in [1.29, 1.82) is 0 Å². The topological polar surface area (TPSA) is 55.0 Å². The van der Waals surface area contributed by atoms with Crippen LogP contribution in [0, 0.1) is 0 Å². The molecule has 4 nitrogen and oxygen atoms in total. The summed E-state index contributed by atoms with van der Waals surface area (Å²) in [5.74, 6) is 1.42. The van der Waals surface area contributed by atoms with Crippen LogP contribution in [0.4, 0.5) is 11.8 Å². The molecule has 3 rings (SSSR count). The van der Waals surface area contributed by atoms with Crippen molar-refractivity contribution >= 4 is 33.3 Å². The SMILES string of the molecule is CCCN(c1nc(N)nc2ccsc12)C1CC1. The molecule has 90 valence electrons. The molecule has 0 saturated heterocycles. The quantitative estimate of drug-likeness (QED) is 0.903. The van der Waals surface area contributed by atoms with Gasteiger partial charge < -0.3 is 10.6 Å². The highest BCUT2D eigenvalue weighted by Crippen LogP contribution is 2.36. The zero-order valence-electron chi connectivity index (χ0n) is 9.89. The highest BCUT2D eigenvalue weighted by Gasteiger charge is 2.31. The number of thiophene rings is 1. The molecule has 0 aromatic carbocycles. The Bertz CT molecular complexity index is 532. The first-order valence-electron chi connectivity index (χ1n) is 6.07. The molecule has 0 aliphatic heterocycles. The Balaban J connectivity index is 2.09. The van der Waals surface area contributed by atoms with E-state index in [0.29, 0.717) is 12.0 Å². The number of anilines is 2. The fraction of sp³-hybridized carbons (Fsp3) is 0.500. The van der Waals surface area contributed by atoms with Gasteiger partial charge in [0.1, 0.15) is 0 Å². The van der Waals surface area contributed by atoms with Crippen molar-refractivity contribution in [2.75, 3.05) is 17.2 Å². The van der Waals surface area contributed by atoms with Gasteiger partial charge in [-0.05, 0) is 30.7 Å². The van der Waals surface area contributed by atoms with Crippen LogP contribution in [0.5, 0.6) is 0 Å². The standard InChI is InChI=1S/C12H16N4S/c1-2-6-16(8-3-4-8)11-10-9(5-7-17-10)14-12(13)15-11/h5,7-8H,2-4,6H2,1H3,(H2,13,14,15). The molecule has 1 aliphatic carbocycles. The van der Waals surface area contributed by atoms with E-state index in [1.807, 2.05) is 6.07 Å². The van der Waals surface area contributed by atoms with E-state index in [-0.39, 0.29) is 0 Å². The highest BCUT2D eigenvalue weighted by atomic mass is 32.1. The number of hydrogen-bond acceptors (Lipinski definition) is 5. The normalized spacial score (nSPS) is 15.4. The summed E-state index contributed by atoms with van der Waals surface area (Å²) in [6.07, 6.45) is 3.68. The molecule has 0 amide bonds. The molecule has 1 saturated carbocycles. The van der Waals surface area contributed by atoms with Crippen molar-refractivity contribution in [2.24, 2.45) is 0 Å². The van der Waals surface area contributed by atoms with Crippen molar-refractivity contribution in [3.8, 4) is 0 Å². The number of fused-ring (bicyclic) bond motifs is 1. The van der Waals surface area contributed by atoms with E-state index in [4.69, 9.17) is 5.73 Å². The van der Waals surface area contributed by atoms with E-state index < -0.39 is 0 Å². The maximum Gasteiger partial charge on any atom is 0.222 e. The molecule has 0 bridgehead atoms. The summed E-state index contributed by atoms with van der Waals surface area (Å²) in [4.78, 5) is 11.1. The first-order chi connectivity index (χ1) is 8.29. The lowest BCUT2D eigenvalue weighted by Gasteiger charge is -2.23. The van der Waals surface area contributed by atoms with Gasteiger partial charge in [-0.2, -0.15) is 4.98 Å². The summed E-state index contributed by atoms with van der Waals surface area (Å²) in [6, 6.07) is 2.67. The summed E-state index contributed by atoms with van der Waals surface area (Å²) in [6.45, 7) is 3.25. The Labute approximate surface area is 104 Å². The first-order valence-corrected chi connectivity index (χ1v) is 6.95. The molecular weight excluding hydrogens is 232 g/mol. The van der Waals surface area contributed by atoms with Crippen molar-refractivity contribution in [1.82, 2.24) is 9.97 Å². The average molecular weight is 248 g/mol. The maximum absolute atomic E-state index is 5.79. The molecule has 0 spiro atoms. The zero-order chi connectivity index (χ0) is 11.8. The molecule has 2 N–H and O–H groups in total. The van der Waals surface area contributed by atoms with E-state index in [1.165, 1.54) is 17.5 Å². The average Bonchev–Trinajstić information content (AvgIpc) is 3.04. The highest BCUT2D eigenvalue weighted by molar-refractivity contribution is 7.17. The van der Waals surface area contributed by atoms with E-state index in [9.17, 15) is 0 Å². The Kier molecular flexibility index (Phi) is 2.63. The van der Waals surface area contributed by atoms with Crippen molar-refractivity contribution in [3.63, 3.8) is 0 Å². The first kappa shape index (κ1) is 10.8. The van der Waals surface area contributed by atoms with Crippen LogP contribution in [0.15, 0.2) is 11.4 Å². The summed E-state index contributed by atoms with van der Waals surface area (Å²) >= 11 is 1.70. The Morgan fingerprint density at radius 1 is 1.47 bits per heavy atom. The molecule has 5 heteroatoms. The van der Waals surface area contributed by atoms with Gasteiger partial charge in [0.2, 0.25) is 5.95 Å². The molecule has 17 heavy (non-hydrogen) atoms. The third-order valence-electron chi connectivity index (χ3n) is 3.03. The molecule has 0 radical (unpaired) electrons. The number of nitrogen functional groups attached to an aromatic ring is 1. The second-order valence-corrected chi connectivity index (χ2v) is 5.38. The summed E-state index contributed by atoms with van der Waals surface area (Å²) in [7, 11) is 0. The lowest BCUT2D eigenvalue weighted by atomic mass is 10.3. The lowest BCUT2D eigenvalue weighted by molar-refractivity contribution is 0.754. The second kappa shape index (κ2) is 4.14. The predicted octanol–water partition coefficient (Wildman–Crippen LogP) is 2.65. The number of nitrogens with zero attached hydrogens (tertiary/aromatic N) is 3. The van der Waals surface area contributed by atoms with Crippen LogP contribution in [0.25, 0.3) is 10.2 Å². The Hall–Kier alpha value is -1.36. The maximum atomic E-state index is 5.79. The summed E-state index contributed by atoms with van der Waals surface area (Å²) < 4.78 is 1.17. The minimum atomic E-state index is 0.382. The van der Waals surface area contributed by atoms with Crippen LogP contribution in [-0.2, 0) is 0 Å². The van der Waals surface area contributed by atoms with E-state index in [1.54, 1.807) is 11.3 Å². The van der Waals surface area contributed by atoms with E-state index in [2.05, 4.69) is 27.2 Å². The van der Waals surface area contributed by atoms with Crippen LogP contribution in [0.1, 0.15) is 26.2 Å². The second-order valence-electron chi connectivity index (χ2n) is 4.46. The molecule has 1 fully saturated rings. The number of rotatable bonds is 4. The van der Waals surface area contributed by atoms with E-state index in [0.717, 1.165) is 24.3 Å². The Morgan fingerprint density at radius 3 is 3.00 bits per heavy atom. The third kappa shape index (κ3) is 1.95. The van der Waals surface area contributed by atoms with Crippen LogP contribution < -0.4 is 10.6 Å². The molecule has 1 aliphatic rings.